The van der Waals surface area contributed by atoms with E-state index in [-0.39, 0.29) is 19.0 Å². The van der Waals surface area contributed by atoms with Crippen molar-refractivity contribution in [2.45, 2.75) is 33.2 Å². The van der Waals surface area contributed by atoms with Gasteiger partial charge < -0.3 is 18.2 Å². The lowest BCUT2D eigenvalue weighted by molar-refractivity contribution is -0.140. The van der Waals surface area contributed by atoms with Gasteiger partial charge in [0.15, 0.2) is 0 Å². The first-order chi connectivity index (χ1) is 13.8. The number of rotatable bonds is 16. The highest BCUT2D eigenvalue weighted by atomic mass is 28.4. The minimum Gasteiger partial charge on any atom is -0.374 e. The Labute approximate surface area is 175 Å². The molecule has 29 heavy (non-hydrogen) atoms. The standard InChI is InChI=1S/C20H34N2O6Si/c1-7-18(23)21(15-16-22(19(24)8-2)20(25)9-3)14-13-17-29(26-10-4,27-11-5)28-12-6/h7-9H,1-3,10-17H2,4-6H3. The highest BCUT2D eigenvalue weighted by Gasteiger charge is 2.39. The zero-order valence-electron chi connectivity index (χ0n) is 17.9. The van der Waals surface area contributed by atoms with Crippen molar-refractivity contribution < 1.29 is 27.7 Å². The number of imide groups is 1. The molecule has 0 unspecified atom stereocenters. The average Bonchev–Trinajstić information content (AvgIpc) is 2.71. The SMILES string of the molecule is C=CC(=O)N(CCC[Si](OCC)(OCC)OCC)CCN(C(=O)C=C)C(=O)C=C. The van der Waals surface area contributed by atoms with E-state index in [4.69, 9.17) is 13.3 Å². The fraction of sp³-hybridized carbons (Fsp3) is 0.550. The van der Waals surface area contributed by atoms with Crippen LogP contribution in [0.2, 0.25) is 6.04 Å². The predicted molar refractivity (Wildman–Crippen MR) is 114 cm³/mol. The number of nitrogens with zero attached hydrogens (tertiary/aromatic N) is 2. The van der Waals surface area contributed by atoms with Crippen LogP contribution in [0, 0.1) is 0 Å². The second kappa shape index (κ2) is 14.9. The number of amides is 3. The first-order valence-corrected chi connectivity index (χ1v) is 11.7. The van der Waals surface area contributed by atoms with Crippen LogP contribution >= 0.6 is 0 Å². The molecule has 0 atom stereocenters. The summed E-state index contributed by atoms with van der Waals surface area (Å²) < 4.78 is 17.5. The van der Waals surface area contributed by atoms with Gasteiger partial charge in [-0.05, 0) is 45.4 Å². The van der Waals surface area contributed by atoms with E-state index >= 15 is 0 Å². The van der Waals surface area contributed by atoms with Crippen molar-refractivity contribution in [1.29, 1.82) is 0 Å². The highest BCUT2D eigenvalue weighted by Crippen LogP contribution is 2.18. The van der Waals surface area contributed by atoms with E-state index in [0.29, 0.717) is 38.8 Å². The Morgan fingerprint density at radius 3 is 1.59 bits per heavy atom. The summed E-state index contributed by atoms with van der Waals surface area (Å²) in [7, 11) is -2.81. The van der Waals surface area contributed by atoms with E-state index in [2.05, 4.69) is 19.7 Å². The number of hydrogen-bond acceptors (Lipinski definition) is 6. The molecule has 0 aromatic heterocycles. The molecule has 3 amide bonds. The summed E-state index contributed by atoms with van der Waals surface area (Å²) in [5, 5.41) is 0. The van der Waals surface area contributed by atoms with Gasteiger partial charge in [0, 0.05) is 45.5 Å². The Morgan fingerprint density at radius 2 is 1.21 bits per heavy atom. The second-order valence-corrected chi connectivity index (χ2v) is 8.58. The highest BCUT2D eigenvalue weighted by molar-refractivity contribution is 6.60. The lowest BCUT2D eigenvalue weighted by atomic mass is 10.3. The maximum Gasteiger partial charge on any atom is 0.500 e. The summed E-state index contributed by atoms with van der Waals surface area (Å²) >= 11 is 0. The lowest BCUT2D eigenvalue weighted by Crippen LogP contribution is -2.47. The molecule has 0 aliphatic rings. The molecular weight excluding hydrogens is 392 g/mol. The molecule has 0 saturated carbocycles. The number of hydrogen-bond donors (Lipinski definition) is 0. The third-order valence-corrected chi connectivity index (χ3v) is 7.12. The zero-order valence-corrected chi connectivity index (χ0v) is 18.9. The Hall–Kier alpha value is -2.07. The van der Waals surface area contributed by atoms with Crippen molar-refractivity contribution in [3.63, 3.8) is 0 Å². The maximum absolute atomic E-state index is 12.2. The van der Waals surface area contributed by atoms with E-state index in [1.54, 1.807) is 0 Å². The molecule has 0 aliphatic carbocycles. The van der Waals surface area contributed by atoms with Gasteiger partial charge in [-0.25, -0.2) is 0 Å². The Kier molecular flexibility index (Phi) is 13.8. The topological polar surface area (TPSA) is 85.4 Å². The van der Waals surface area contributed by atoms with Crippen molar-refractivity contribution in [2.24, 2.45) is 0 Å². The molecular formula is C20H34N2O6Si. The molecule has 0 saturated heterocycles. The minimum atomic E-state index is -2.81. The van der Waals surface area contributed by atoms with Gasteiger partial charge >= 0.3 is 8.80 Å². The van der Waals surface area contributed by atoms with Crippen LogP contribution in [-0.4, -0.2) is 75.8 Å². The molecule has 0 rings (SSSR count). The summed E-state index contributed by atoms with van der Waals surface area (Å²) in [6, 6.07) is 0.546. The smallest absolute Gasteiger partial charge is 0.374 e. The molecule has 0 fully saturated rings. The maximum atomic E-state index is 12.2. The van der Waals surface area contributed by atoms with Gasteiger partial charge in [0.1, 0.15) is 0 Å². The molecule has 0 aromatic carbocycles. The lowest BCUT2D eigenvalue weighted by Gasteiger charge is -2.30. The van der Waals surface area contributed by atoms with Crippen LogP contribution in [-0.2, 0) is 27.7 Å². The van der Waals surface area contributed by atoms with Gasteiger partial charge in [0.2, 0.25) is 5.91 Å². The van der Waals surface area contributed by atoms with Crippen LogP contribution in [0.5, 0.6) is 0 Å². The normalized spacial score (nSPS) is 10.9. The van der Waals surface area contributed by atoms with Gasteiger partial charge in [0.25, 0.3) is 11.8 Å². The fourth-order valence-corrected chi connectivity index (χ4v) is 5.31. The molecule has 0 radical (unpaired) electrons. The van der Waals surface area contributed by atoms with Gasteiger partial charge in [0.05, 0.1) is 0 Å². The van der Waals surface area contributed by atoms with Crippen LogP contribution in [0.25, 0.3) is 0 Å². The molecule has 9 heteroatoms. The number of carbonyl (C=O) groups is 3. The van der Waals surface area contributed by atoms with E-state index in [0.717, 1.165) is 17.1 Å². The van der Waals surface area contributed by atoms with Crippen molar-refractivity contribution in [3.05, 3.63) is 38.0 Å². The van der Waals surface area contributed by atoms with Crippen LogP contribution in [0.4, 0.5) is 0 Å². The molecule has 0 N–H and O–H groups in total. The van der Waals surface area contributed by atoms with E-state index in [1.807, 2.05) is 20.8 Å². The molecule has 0 spiro atoms. The zero-order chi connectivity index (χ0) is 22.3. The quantitative estimate of drug-likeness (QED) is 0.278. The van der Waals surface area contributed by atoms with Crippen molar-refractivity contribution in [1.82, 2.24) is 9.80 Å². The first kappa shape index (κ1) is 26.9. The molecule has 0 aliphatic heterocycles. The van der Waals surface area contributed by atoms with Crippen LogP contribution in [0.1, 0.15) is 27.2 Å². The second-order valence-electron chi connectivity index (χ2n) is 5.85. The van der Waals surface area contributed by atoms with E-state index < -0.39 is 20.6 Å². The van der Waals surface area contributed by atoms with Crippen molar-refractivity contribution in [3.8, 4) is 0 Å². The van der Waals surface area contributed by atoms with Crippen molar-refractivity contribution in [2.75, 3.05) is 39.5 Å². The average molecular weight is 427 g/mol. The summed E-state index contributed by atoms with van der Waals surface area (Å²) in [5.74, 6) is -1.38. The van der Waals surface area contributed by atoms with Crippen LogP contribution < -0.4 is 0 Å². The monoisotopic (exact) mass is 426 g/mol. The van der Waals surface area contributed by atoms with Gasteiger partial charge in [-0.15, -0.1) is 0 Å². The molecule has 0 bridgehead atoms. The summed E-state index contributed by atoms with van der Waals surface area (Å²) in [6.07, 6.45) is 3.88. The predicted octanol–water partition coefficient (Wildman–Crippen LogP) is 2.17. The molecule has 0 heterocycles. The number of carbonyl (C=O) groups excluding carboxylic acids is 3. The summed E-state index contributed by atoms with van der Waals surface area (Å²) in [6.45, 7) is 18.0. The van der Waals surface area contributed by atoms with E-state index in [1.165, 1.54) is 11.0 Å². The van der Waals surface area contributed by atoms with Gasteiger partial charge in [-0.2, -0.15) is 0 Å². The van der Waals surface area contributed by atoms with Gasteiger partial charge in [-0.1, -0.05) is 19.7 Å². The third-order valence-electron chi connectivity index (χ3n) is 3.96. The molecule has 164 valence electrons. The minimum absolute atomic E-state index is 0.0280. The Bertz CT molecular complexity index is 544. The first-order valence-electron chi connectivity index (χ1n) is 9.78. The van der Waals surface area contributed by atoms with E-state index in [9.17, 15) is 14.4 Å². The Balaban J connectivity index is 5.11. The summed E-state index contributed by atoms with van der Waals surface area (Å²) in [4.78, 5) is 38.5. The van der Waals surface area contributed by atoms with Crippen LogP contribution in [0.3, 0.4) is 0 Å². The third kappa shape index (κ3) is 9.31. The molecule has 0 aromatic rings. The van der Waals surface area contributed by atoms with Crippen molar-refractivity contribution >= 4 is 26.5 Å². The largest absolute Gasteiger partial charge is 0.500 e. The Morgan fingerprint density at radius 1 is 0.759 bits per heavy atom. The fourth-order valence-electron chi connectivity index (χ4n) is 2.72. The summed E-state index contributed by atoms with van der Waals surface area (Å²) in [5.41, 5.74) is 0. The van der Waals surface area contributed by atoms with Crippen LogP contribution in [0.15, 0.2) is 38.0 Å². The molecule has 8 nitrogen and oxygen atoms in total. The van der Waals surface area contributed by atoms with Gasteiger partial charge in [-0.3, -0.25) is 19.3 Å².